The Bertz CT molecular complexity index is 467. The molecule has 0 bridgehead atoms. The van der Waals surface area contributed by atoms with Crippen molar-refractivity contribution in [3.63, 3.8) is 0 Å². The molecule has 1 aliphatic heterocycles. The first-order valence-corrected chi connectivity index (χ1v) is 9.22. The topological polar surface area (TPSA) is 58.4 Å². The van der Waals surface area contributed by atoms with Crippen LogP contribution in [0.1, 0.15) is 42.3 Å². The number of carbonyl (C=O) groups is 1. The minimum Gasteiger partial charge on any atom is -0.396 e. The predicted octanol–water partition coefficient (Wildman–Crippen LogP) is 3.18. The van der Waals surface area contributed by atoms with Gasteiger partial charge in [0.05, 0.1) is 10.6 Å². The highest BCUT2D eigenvalue weighted by molar-refractivity contribution is 7.99. The van der Waals surface area contributed by atoms with Crippen LogP contribution >= 0.6 is 23.1 Å². The number of amides is 1. The second-order valence-corrected chi connectivity index (χ2v) is 6.80. The highest BCUT2D eigenvalue weighted by atomic mass is 32.2. The molecule has 1 amide bonds. The Balaban J connectivity index is 2.25. The standard InChI is InChI=1S/C14H23N3OS2/c1-3-7-16-13(18)11-10(15)12(19-2)14(20-11)17-8-5-4-6-9-17/h3-9,15H2,1-2H3,(H,16,18). The Hall–Kier alpha value is -0.880. The zero-order chi connectivity index (χ0) is 14.5. The molecule has 3 N–H and O–H groups in total. The van der Waals surface area contributed by atoms with E-state index in [1.807, 2.05) is 13.2 Å². The molecule has 0 radical (unpaired) electrons. The van der Waals surface area contributed by atoms with E-state index in [2.05, 4.69) is 10.2 Å². The molecule has 2 rings (SSSR count). The second-order valence-electron chi connectivity index (χ2n) is 4.99. The Morgan fingerprint density at radius 3 is 2.70 bits per heavy atom. The normalized spacial score (nSPS) is 15.4. The van der Waals surface area contributed by atoms with Gasteiger partial charge < -0.3 is 16.0 Å². The summed E-state index contributed by atoms with van der Waals surface area (Å²) in [6.07, 6.45) is 6.72. The Morgan fingerprint density at radius 1 is 1.40 bits per heavy atom. The first kappa shape index (κ1) is 15.5. The van der Waals surface area contributed by atoms with Crippen LogP contribution in [-0.2, 0) is 0 Å². The van der Waals surface area contributed by atoms with Gasteiger partial charge in [0.15, 0.2) is 0 Å². The molecular formula is C14H23N3OS2. The lowest BCUT2D eigenvalue weighted by molar-refractivity contribution is 0.0958. The molecule has 6 heteroatoms. The van der Waals surface area contributed by atoms with E-state index >= 15 is 0 Å². The average Bonchev–Trinajstić information content (AvgIpc) is 2.82. The number of nitrogens with zero attached hydrogens (tertiary/aromatic N) is 1. The molecule has 1 aliphatic rings. The Morgan fingerprint density at radius 2 is 2.10 bits per heavy atom. The third-order valence-corrected chi connectivity index (χ3v) is 5.69. The van der Waals surface area contributed by atoms with Crippen molar-refractivity contribution in [2.75, 3.05) is 36.5 Å². The minimum atomic E-state index is -0.0343. The van der Waals surface area contributed by atoms with Gasteiger partial charge in [-0.15, -0.1) is 23.1 Å². The van der Waals surface area contributed by atoms with Gasteiger partial charge in [0.2, 0.25) is 0 Å². The molecule has 112 valence electrons. The van der Waals surface area contributed by atoms with Gasteiger partial charge in [-0.3, -0.25) is 4.79 Å². The lowest BCUT2D eigenvalue weighted by Crippen LogP contribution is -2.29. The van der Waals surface area contributed by atoms with E-state index in [1.165, 1.54) is 24.3 Å². The van der Waals surface area contributed by atoms with Crippen molar-refractivity contribution in [1.82, 2.24) is 5.32 Å². The van der Waals surface area contributed by atoms with E-state index in [0.717, 1.165) is 24.4 Å². The fourth-order valence-electron chi connectivity index (χ4n) is 2.41. The summed E-state index contributed by atoms with van der Waals surface area (Å²) < 4.78 is 0. The maximum Gasteiger partial charge on any atom is 0.263 e. The quantitative estimate of drug-likeness (QED) is 0.820. The molecule has 0 aromatic carbocycles. The number of nitrogen functional groups attached to an aromatic ring is 1. The second kappa shape index (κ2) is 7.22. The Labute approximate surface area is 129 Å². The fourth-order valence-corrected chi connectivity index (χ4v) is 4.56. The van der Waals surface area contributed by atoms with Crippen LogP contribution in [0.15, 0.2) is 4.90 Å². The third-order valence-electron chi connectivity index (χ3n) is 3.47. The summed E-state index contributed by atoms with van der Waals surface area (Å²) in [7, 11) is 0. The number of rotatable bonds is 5. The van der Waals surface area contributed by atoms with E-state index in [1.54, 1.807) is 23.1 Å². The van der Waals surface area contributed by atoms with E-state index in [4.69, 9.17) is 5.73 Å². The number of carbonyl (C=O) groups excluding carboxylic acids is 1. The number of anilines is 2. The van der Waals surface area contributed by atoms with Gasteiger partial charge >= 0.3 is 0 Å². The average molecular weight is 313 g/mol. The maximum atomic E-state index is 12.2. The summed E-state index contributed by atoms with van der Waals surface area (Å²) in [6.45, 7) is 4.89. The highest BCUT2D eigenvalue weighted by Crippen LogP contribution is 2.44. The number of hydrogen-bond acceptors (Lipinski definition) is 5. The van der Waals surface area contributed by atoms with Crippen LogP contribution in [0.25, 0.3) is 0 Å². The van der Waals surface area contributed by atoms with Gasteiger partial charge in [0, 0.05) is 19.6 Å². The summed E-state index contributed by atoms with van der Waals surface area (Å²) in [5, 5.41) is 4.10. The van der Waals surface area contributed by atoms with Crippen LogP contribution in [0.5, 0.6) is 0 Å². The molecule has 0 aliphatic carbocycles. The summed E-state index contributed by atoms with van der Waals surface area (Å²) >= 11 is 3.19. The predicted molar refractivity (Wildman–Crippen MR) is 89.2 cm³/mol. The Kier molecular flexibility index (Phi) is 5.60. The van der Waals surface area contributed by atoms with Gasteiger partial charge in [-0.2, -0.15) is 0 Å². The maximum absolute atomic E-state index is 12.2. The molecule has 4 nitrogen and oxygen atoms in total. The van der Waals surface area contributed by atoms with Crippen molar-refractivity contribution >= 4 is 39.7 Å². The van der Waals surface area contributed by atoms with Crippen LogP contribution in [0.4, 0.5) is 10.7 Å². The van der Waals surface area contributed by atoms with E-state index in [9.17, 15) is 4.79 Å². The van der Waals surface area contributed by atoms with Crippen LogP contribution in [0, 0.1) is 0 Å². The van der Waals surface area contributed by atoms with Crippen molar-refractivity contribution in [2.24, 2.45) is 0 Å². The van der Waals surface area contributed by atoms with Gasteiger partial charge in [0.1, 0.15) is 9.88 Å². The van der Waals surface area contributed by atoms with Gasteiger partial charge in [-0.25, -0.2) is 0 Å². The van der Waals surface area contributed by atoms with Crippen molar-refractivity contribution in [3.8, 4) is 0 Å². The van der Waals surface area contributed by atoms with Crippen LogP contribution in [0.2, 0.25) is 0 Å². The van der Waals surface area contributed by atoms with E-state index < -0.39 is 0 Å². The number of nitrogens with two attached hydrogens (primary N) is 1. The van der Waals surface area contributed by atoms with Crippen LogP contribution < -0.4 is 16.0 Å². The zero-order valence-electron chi connectivity index (χ0n) is 12.2. The molecule has 0 atom stereocenters. The number of nitrogens with one attached hydrogen (secondary N) is 1. The largest absolute Gasteiger partial charge is 0.396 e. The van der Waals surface area contributed by atoms with Crippen molar-refractivity contribution < 1.29 is 4.79 Å². The first-order valence-electron chi connectivity index (χ1n) is 7.18. The molecule has 0 spiro atoms. The number of thiophene rings is 1. The molecule has 1 aromatic rings. The highest BCUT2D eigenvalue weighted by Gasteiger charge is 2.24. The first-order chi connectivity index (χ1) is 9.69. The van der Waals surface area contributed by atoms with Crippen molar-refractivity contribution in [1.29, 1.82) is 0 Å². The molecule has 20 heavy (non-hydrogen) atoms. The third kappa shape index (κ3) is 3.23. The molecule has 2 heterocycles. The summed E-state index contributed by atoms with van der Waals surface area (Å²) in [6, 6.07) is 0. The van der Waals surface area contributed by atoms with Crippen LogP contribution in [0.3, 0.4) is 0 Å². The monoisotopic (exact) mass is 313 g/mol. The number of hydrogen-bond donors (Lipinski definition) is 2. The van der Waals surface area contributed by atoms with Crippen LogP contribution in [-0.4, -0.2) is 31.8 Å². The number of piperidine rings is 1. The van der Waals surface area contributed by atoms with Gasteiger partial charge in [-0.05, 0) is 31.9 Å². The minimum absolute atomic E-state index is 0.0343. The van der Waals surface area contributed by atoms with E-state index in [0.29, 0.717) is 17.1 Å². The number of thioether (sulfide) groups is 1. The summed E-state index contributed by atoms with van der Waals surface area (Å²) in [5.74, 6) is -0.0343. The lowest BCUT2D eigenvalue weighted by Gasteiger charge is -2.28. The molecule has 0 unspecified atom stereocenters. The smallest absolute Gasteiger partial charge is 0.263 e. The van der Waals surface area contributed by atoms with E-state index in [-0.39, 0.29) is 5.91 Å². The summed E-state index contributed by atoms with van der Waals surface area (Å²) in [5.41, 5.74) is 6.85. The molecule has 0 saturated carbocycles. The van der Waals surface area contributed by atoms with Crippen molar-refractivity contribution in [2.45, 2.75) is 37.5 Å². The lowest BCUT2D eigenvalue weighted by atomic mass is 10.1. The molecule has 1 fully saturated rings. The SMILES string of the molecule is CCCNC(=O)c1sc(N2CCCCC2)c(SC)c1N. The van der Waals surface area contributed by atoms with Crippen molar-refractivity contribution in [3.05, 3.63) is 4.88 Å². The molecule has 1 saturated heterocycles. The zero-order valence-corrected chi connectivity index (χ0v) is 13.8. The molecule has 1 aromatic heterocycles. The van der Waals surface area contributed by atoms with Gasteiger partial charge in [0.25, 0.3) is 5.91 Å². The summed E-state index contributed by atoms with van der Waals surface area (Å²) in [4.78, 5) is 16.3. The fraction of sp³-hybridized carbons (Fsp3) is 0.643. The van der Waals surface area contributed by atoms with Gasteiger partial charge in [-0.1, -0.05) is 6.92 Å². The molecular weight excluding hydrogens is 290 g/mol.